The summed E-state index contributed by atoms with van der Waals surface area (Å²) in [5.74, 6) is -2.51. The average molecular weight is 951 g/mol. The molecule has 0 bridgehead atoms. The van der Waals surface area contributed by atoms with Gasteiger partial charge in [0.1, 0.15) is 22.3 Å². The van der Waals surface area contributed by atoms with Crippen molar-refractivity contribution < 1.29 is 53.4 Å². The topological polar surface area (TPSA) is 219 Å². The zero-order valence-electron chi connectivity index (χ0n) is 40.9. The Morgan fingerprint density at radius 2 is 0.826 bits per heavy atom. The highest BCUT2D eigenvalue weighted by molar-refractivity contribution is 5.90. The highest BCUT2D eigenvalue weighted by Gasteiger charge is 2.54. The summed E-state index contributed by atoms with van der Waals surface area (Å²) < 4.78 is 10.1. The molecule has 4 amide bonds. The van der Waals surface area contributed by atoms with Crippen molar-refractivity contribution in [3.63, 3.8) is 0 Å². The highest BCUT2D eigenvalue weighted by Crippen LogP contribution is 2.37. The van der Waals surface area contributed by atoms with Crippen LogP contribution in [0, 0.1) is 0 Å². The van der Waals surface area contributed by atoms with Crippen LogP contribution in [0.2, 0.25) is 0 Å². The average Bonchev–Trinajstić information content (AvgIpc) is 4.24. The van der Waals surface area contributed by atoms with Gasteiger partial charge in [0.2, 0.25) is 5.91 Å². The molecule has 0 saturated heterocycles. The number of alkyl carbamates (subject to hydrolysis) is 2. The van der Waals surface area contributed by atoms with Gasteiger partial charge in [-0.05, 0) is 152 Å². The Morgan fingerprint density at radius 1 is 0.493 bits per heavy atom. The van der Waals surface area contributed by atoms with Crippen molar-refractivity contribution in [3.05, 3.63) is 143 Å². The van der Waals surface area contributed by atoms with Gasteiger partial charge < -0.3 is 30.1 Å². The summed E-state index contributed by atoms with van der Waals surface area (Å²) in [7, 11) is 0. The van der Waals surface area contributed by atoms with E-state index in [4.69, 9.17) is 24.6 Å². The molecule has 69 heavy (non-hydrogen) atoms. The number of aliphatic carboxylic acids is 1. The third kappa shape index (κ3) is 21.4. The molecule has 372 valence electrons. The van der Waals surface area contributed by atoms with Gasteiger partial charge in [-0.3, -0.25) is 14.8 Å². The van der Waals surface area contributed by atoms with Crippen LogP contribution in [0.15, 0.2) is 109 Å². The molecule has 6 N–H and O–H groups in total. The molecule has 2 aliphatic rings. The molecule has 2 aliphatic carbocycles. The molecular weight excluding hydrogens is 881 g/mol. The summed E-state index contributed by atoms with van der Waals surface area (Å²) in [6.07, 6.45) is 9.58. The van der Waals surface area contributed by atoms with Gasteiger partial charge in [0.15, 0.2) is 0 Å². The second kappa shape index (κ2) is 26.1. The second-order valence-corrected chi connectivity index (χ2v) is 19.5. The second-order valence-electron chi connectivity index (χ2n) is 19.5. The summed E-state index contributed by atoms with van der Waals surface area (Å²) in [5, 5.41) is 22.2. The maximum atomic E-state index is 12.3. The Bertz CT molecular complexity index is 2260. The van der Waals surface area contributed by atoms with E-state index in [-0.39, 0.29) is 18.7 Å². The van der Waals surface area contributed by atoms with E-state index in [2.05, 4.69) is 76.8 Å². The lowest BCUT2D eigenvalue weighted by molar-refractivity contribution is -0.161. The van der Waals surface area contributed by atoms with Gasteiger partial charge in [0, 0.05) is 0 Å². The van der Waals surface area contributed by atoms with Gasteiger partial charge in [-0.15, -0.1) is 0 Å². The smallest absolute Gasteiger partial charge is 0.408 e. The molecule has 0 spiro atoms. The van der Waals surface area contributed by atoms with E-state index in [0.29, 0.717) is 25.7 Å². The summed E-state index contributed by atoms with van der Waals surface area (Å²) in [4.78, 5) is 74.4. The number of rotatable bonds is 18. The predicted octanol–water partition coefficient (Wildman–Crippen LogP) is 8.85. The lowest BCUT2D eigenvalue weighted by Crippen LogP contribution is -2.48. The zero-order valence-corrected chi connectivity index (χ0v) is 40.9. The Hall–Kier alpha value is -6.74. The fraction of sp³-hybridized carbons (Fsp3) is 0.444. The number of aryl methyl sites for hydroxylation is 4. The van der Waals surface area contributed by atoms with Crippen LogP contribution in [0.1, 0.15) is 126 Å². The number of amides is 4. The molecule has 2 saturated carbocycles. The van der Waals surface area contributed by atoms with Crippen molar-refractivity contribution in [2.75, 3.05) is 0 Å². The van der Waals surface area contributed by atoms with Gasteiger partial charge in [0.05, 0.1) is 12.8 Å². The van der Waals surface area contributed by atoms with Crippen LogP contribution in [0.3, 0.4) is 0 Å². The molecule has 4 aromatic rings. The first-order chi connectivity index (χ1) is 32.7. The molecule has 0 aliphatic heterocycles. The number of carboxylic acids is 1. The zero-order chi connectivity index (χ0) is 50.5. The van der Waals surface area contributed by atoms with Crippen LogP contribution in [-0.2, 0) is 72.0 Å². The minimum absolute atomic E-state index is 0.0913. The van der Waals surface area contributed by atoms with Crippen LogP contribution < -0.4 is 21.6 Å². The van der Waals surface area contributed by atoms with Crippen molar-refractivity contribution in [3.8, 4) is 0 Å². The van der Waals surface area contributed by atoms with E-state index >= 15 is 0 Å². The van der Waals surface area contributed by atoms with Crippen molar-refractivity contribution in [2.24, 2.45) is 0 Å². The number of hydrogen-bond acceptors (Lipinski definition) is 10. The van der Waals surface area contributed by atoms with Crippen LogP contribution in [0.5, 0.6) is 0 Å². The van der Waals surface area contributed by atoms with Crippen LogP contribution in [0.25, 0.3) is 0 Å². The van der Waals surface area contributed by atoms with Crippen LogP contribution >= 0.6 is 0 Å². The van der Waals surface area contributed by atoms with E-state index in [0.717, 1.165) is 56.1 Å². The standard InChI is InChI=1S/C27H34N2O5.C18H21NO2.C9H15NO4/c1-26(2,3)33-25(32)28-27(17-18-27)24(31)34-29-23(30)19-22-15-13-21(14-16-22)12-8-7-11-20-9-5-4-6-10-20;20-18(19-21)14-17-12-10-16(11-13-17)9-5-4-8-15-6-2-1-3-7-15;1-8(2,3)14-7(13)10-9(4-5-9)6(11)12/h4-6,9-10,13-16H,7-8,11-12,17-19H2,1-3H3,(H,28,32)(H,29,30);1-3,6-7,10-13,21H,4-5,8-9,14H2,(H,19,20);4-5H2,1-3H3,(H,10,13)(H,11,12). The van der Waals surface area contributed by atoms with Gasteiger partial charge in [-0.1, -0.05) is 109 Å². The van der Waals surface area contributed by atoms with Crippen LogP contribution in [0.4, 0.5) is 9.59 Å². The molecular formula is C54H70N4O11. The Labute approximate surface area is 406 Å². The Kier molecular flexibility index (Phi) is 20.8. The predicted molar refractivity (Wildman–Crippen MR) is 261 cm³/mol. The van der Waals surface area contributed by atoms with Crippen molar-refractivity contribution >= 4 is 35.9 Å². The summed E-state index contributed by atoms with van der Waals surface area (Å²) >= 11 is 0. The van der Waals surface area contributed by atoms with E-state index in [1.54, 1.807) is 47.0 Å². The largest absolute Gasteiger partial charge is 0.480 e. The van der Waals surface area contributed by atoms with Crippen molar-refractivity contribution in [1.29, 1.82) is 0 Å². The fourth-order valence-electron chi connectivity index (χ4n) is 6.92. The normalized spacial score (nSPS) is 13.8. The number of nitrogens with one attached hydrogen (secondary N) is 4. The SMILES string of the molecule is CC(C)(C)OC(=O)NC1(C(=O)O)CC1.CC(C)(C)OC(=O)NC1(C(=O)ONC(=O)Cc2ccc(CCCCc3ccccc3)cc2)CC1.O=C(Cc1ccc(CCCCc2ccccc2)cc1)NO. The molecule has 0 aromatic heterocycles. The molecule has 0 radical (unpaired) electrons. The molecule has 15 heteroatoms. The van der Waals surface area contributed by atoms with E-state index in [1.165, 1.54) is 28.7 Å². The number of carbonyl (C=O) groups excluding carboxylic acids is 5. The first kappa shape index (κ1) is 54.9. The molecule has 6 rings (SSSR count). The molecule has 0 heterocycles. The number of ether oxygens (including phenoxy) is 2. The third-order valence-corrected chi connectivity index (χ3v) is 11.0. The quantitative estimate of drug-likeness (QED) is 0.0240. The van der Waals surface area contributed by atoms with Gasteiger partial charge in [0.25, 0.3) is 5.91 Å². The number of carboxylic acid groups (broad SMARTS) is 1. The third-order valence-electron chi connectivity index (χ3n) is 11.0. The number of unbranched alkanes of at least 4 members (excludes halogenated alkanes) is 2. The number of benzene rings is 4. The van der Waals surface area contributed by atoms with Gasteiger partial charge in [-0.2, -0.15) is 5.48 Å². The first-order valence-electron chi connectivity index (χ1n) is 23.6. The molecule has 0 unspecified atom stereocenters. The lowest BCUT2D eigenvalue weighted by atomic mass is 10.0. The van der Waals surface area contributed by atoms with Gasteiger partial charge >= 0.3 is 24.1 Å². The van der Waals surface area contributed by atoms with E-state index in [1.807, 2.05) is 48.5 Å². The maximum Gasteiger partial charge on any atom is 0.408 e. The number of carbonyl (C=O) groups is 6. The number of hydroxylamine groups is 2. The Morgan fingerprint density at radius 3 is 1.16 bits per heavy atom. The van der Waals surface area contributed by atoms with Crippen molar-refractivity contribution in [1.82, 2.24) is 21.6 Å². The summed E-state index contributed by atoms with van der Waals surface area (Å²) in [5.41, 5.74) is 7.38. The summed E-state index contributed by atoms with van der Waals surface area (Å²) in [6.45, 7) is 10.4. The Balaban J connectivity index is 0.000000251. The molecule has 4 aromatic carbocycles. The van der Waals surface area contributed by atoms with Crippen LogP contribution in [-0.4, -0.2) is 68.5 Å². The van der Waals surface area contributed by atoms with E-state index < -0.39 is 52.3 Å². The number of hydrogen-bond donors (Lipinski definition) is 6. The maximum absolute atomic E-state index is 12.3. The fourth-order valence-corrected chi connectivity index (χ4v) is 6.92. The van der Waals surface area contributed by atoms with Crippen molar-refractivity contribution in [2.45, 2.75) is 154 Å². The minimum Gasteiger partial charge on any atom is -0.480 e. The summed E-state index contributed by atoms with van der Waals surface area (Å²) in [6, 6.07) is 36.9. The molecule has 15 nitrogen and oxygen atoms in total. The van der Waals surface area contributed by atoms with E-state index in [9.17, 15) is 28.8 Å². The minimum atomic E-state index is -1.13. The highest BCUT2D eigenvalue weighted by atomic mass is 16.7. The first-order valence-corrected chi connectivity index (χ1v) is 23.6. The van der Waals surface area contributed by atoms with Gasteiger partial charge in [-0.25, -0.2) is 24.7 Å². The molecule has 0 atom stereocenters. The monoisotopic (exact) mass is 951 g/mol. The lowest BCUT2D eigenvalue weighted by Gasteiger charge is -2.22. The molecule has 2 fully saturated rings.